The molecule has 0 fully saturated rings. The number of ether oxygens (including phenoxy) is 2. The second kappa shape index (κ2) is 7.58. The summed E-state index contributed by atoms with van der Waals surface area (Å²) in [7, 11) is 1.59. The molecule has 1 amide bonds. The van der Waals surface area contributed by atoms with E-state index in [1.807, 2.05) is 25.1 Å². The Morgan fingerprint density at radius 1 is 1.33 bits per heavy atom. The average Bonchev–Trinajstić information content (AvgIpc) is 2.37. The molecule has 0 aliphatic heterocycles. The zero-order chi connectivity index (χ0) is 13.4. The molecule has 0 saturated carbocycles. The van der Waals surface area contributed by atoms with Crippen LogP contribution in [-0.4, -0.2) is 26.2 Å². The Morgan fingerprint density at radius 2 is 2.11 bits per heavy atom. The predicted octanol–water partition coefficient (Wildman–Crippen LogP) is 2.30. The number of aryl methyl sites for hydroxylation is 1. The molecule has 1 aromatic rings. The van der Waals surface area contributed by atoms with E-state index in [0.717, 1.165) is 18.4 Å². The van der Waals surface area contributed by atoms with Gasteiger partial charge in [-0.25, -0.2) is 0 Å². The van der Waals surface area contributed by atoms with Crippen LogP contribution in [0.2, 0.25) is 0 Å². The van der Waals surface area contributed by atoms with Crippen LogP contribution < -0.4 is 14.8 Å². The van der Waals surface area contributed by atoms with Crippen molar-refractivity contribution < 1.29 is 14.3 Å². The first-order valence-electron chi connectivity index (χ1n) is 6.21. The van der Waals surface area contributed by atoms with Crippen molar-refractivity contribution in [1.82, 2.24) is 5.32 Å². The number of carbonyl (C=O) groups is 1. The third-order valence-corrected chi connectivity index (χ3v) is 2.53. The molecule has 0 atom stereocenters. The lowest BCUT2D eigenvalue weighted by atomic mass is 10.2. The third-order valence-electron chi connectivity index (χ3n) is 2.53. The maximum Gasteiger partial charge on any atom is 0.257 e. The molecule has 0 unspecified atom stereocenters. The van der Waals surface area contributed by atoms with Crippen molar-refractivity contribution in [3.63, 3.8) is 0 Å². The molecule has 1 aromatic carbocycles. The van der Waals surface area contributed by atoms with Crippen LogP contribution in [0.15, 0.2) is 18.2 Å². The summed E-state index contributed by atoms with van der Waals surface area (Å²) >= 11 is 0. The van der Waals surface area contributed by atoms with Gasteiger partial charge < -0.3 is 14.8 Å². The number of carbonyl (C=O) groups excluding carboxylic acids is 1. The fourth-order valence-electron chi connectivity index (χ4n) is 1.49. The summed E-state index contributed by atoms with van der Waals surface area (Å²) in [4.78, 5) is 11.5. The van der Waals surface area contributed by atoms with Gasteiger partial charge in [-0.1, -0.05) is 19.4 Å². The van der Waals surface area contributed by atoms with Crippen LogP contribution in [0.1, 0.15) is 25.3 Å². The molecule has 0 aliphatic rings. The van der Waals surface area contributed by atoms with E-state index in [9.17, 15) is 4.79 Å². The standard InChI is InChI=1S/C14H21NO3/c1-4-5-8-15-14(16)10-18-12-7-6-11(2)9-13(12)17-3/h6-7,9H,4-5,8,10H2,1-3H3,(H,15,16). The molecule has 100 valence electrons. The molecule has 0 spiro atoms. The fraction of sp³-hybridized carbons (Fsp3) is 0.500. The summed E-state index contributed by atoms with van der Waals surface area (Å²) in [6.07, 6.45) is 2.05. The van der Waals surface area contributed by atoms with E-state index in [1.165, 1.54) is 0 Å². The van der Waals surface area contributed by atoms with Gasteiger partial charge in [-0.2, -0.15) is 0 Å². The highest BCUT2D eigenvalue weighted by Gasteiger charge is 2.07. The minimum atomic E-state index is -0.105. The molecular formula is C14H21NO3. The lowest BCUT2D eigenvalue weighted by molar-refractivity contribution is -0.123. The van der Waals surface area contributed by atoms with Crippen molar-refractivity contribution in [1.29, 1.82) is 0 Å². The molecule has 0 aromatic heterocycles. The second-order valence-electron chi connectivity index (χ2n) is 4.15. The maximum atomic E-state index is 11.5. The monoisotopic (exact) mass is 251 g/mol. The van der Waals surface area contributed by atoms with Gasteiger partial charge in [-0.15, -0.1) is 0 Å². The largest absolute Gasteiger partial charge is 0.493 e. The number of rotatable bonds is 7. The van der Waals surface area contributed by atoms with Gasteiger partial charge >= 0.3 is 0 Å². The van der Waals surface area contributed by atoms with Crippen LogP contribution in [0, 0.1) is 6.92 Å². The maximum absolute atomic E-state index is 11.5. The van der Waals surface area contributed by atoms with E-state index in [-0.39, 0.29) is 12.5 Å². The SMILES string of the molecule is CCCCNC(=O)COc1ccc(C)cc1OC. The highest BCUT2D eigenvalue weighted by Crippen LogP contribution is 2.27. The predicted molar refractivity (Wildman–Crippen MR) is 71.1 cm³/mol. The second-order valence-corrected chi connectivity index (χ2v) is 4.15. The van der Waals surface area contributed by atoms with Crippen LogP contribution in [-0.2, 0) is 4.79 Å². The lowest BCUT2D eigenvalue weighted by Crippen LogP contribution is -2.29. The first-order valence-corrected chi connectivity index (χ1v) is 6.21. The van der Waals surface area contributed by atoms with Crippen molar-refractivity contribution in [2.24, 2.45) is 0 Å². The molecule has 0 radical (unpaired) electrons. The first kappa shape index (κ1) is 14.4. The Hall–Kier alpha value is -1.71. The van der Waals surface area contributed by atoms with Crippen LogP contribution in [0.5, 0.6) is 11.5 Å². The molecule has 4 nitrogen and oxygen atoms in total. The number of unbranched alkanes of at least 4 members (excludes halogenated alkanes) is 1. The average molecular weight is 251 g/mol. The van der Waals surface area contributed by atoms with E-state index in [0.29, 0.717) is 18.0 Å². The Bertz CT molecular complexity index is 391. The normalized spacial score (nSPS) is 9.94. The van der Waals surface area contributed by atoms with E-state index in [4.69, 9.17) is 9.47 Å². The van der Waals surface area contributed by atoms with Crippen molar-refractivity contribution in [3.8, 4) is 11.5 Å². The van der Waals surface area contributed by atoms with Gasteiger partial charge in [-0.05, 0) is 31.0 Å². The topological polar surface area (TPSA) is 47.6 Å². The Balaban J connectivity index is 2.45. The molecule has 0 heterocycles. The van der Waals surface area contributed by atoms with Gasteiger partial charge in [0.05, 0.1) is 7.11 Å². The number of benzene rings is 1. The molecule has 1 N–H and O–H groups in total. The summed E-state index contributed by atoms with van der Waals surface area (Å²) in [5.41, 5.74) is 1.09. The first-order chi connectivity index (χ1) is 8.67. The van der Waals surface area contributed by atoms with E-state index < -0.39 is 0 Å². The lowest BCUT2D eigenvalue weighted by Gasteiger charge is -2.11. The highest BCUT2D eigenvalue weighted by molar-refractivity contribution is 5.77. The summed E-state index contributed by atoms with van der Waals surface area (Å²) in [6.45, 7) is 4.77. The number of amides is 1. The highest BCUT2D eigenvalue weighted by atomic mass is 16.5. The van der Waals surface area contributed by atoms with E-state index in [1.54, 1.807) is 7.11 Å². The quantitative estimate of drug-likeness (QED) is 0.756. The number of hydrogen-bond acceptors (Lipinski definition) is 3. The summed E-state index contributed by atoms with van der Waals surface area (Å²) < 4.78 is 10.6. The van der Waals surface area contributed by atoms with Gasteiger partial charge in [0, 0.05) is 6.54 Å². The van der Waals surface area contributed by atoms with Crippen LogP contribution in [0.3, 0.4) is 0 Å². The van der Waals surface area contributed by atoms with Crippen molar-refractivity contribution >= 4 is 5.91 Å². The number of nitrogens with one attached hydrogen (secondary N) is 1. The van der Waals surface area contributed by atoms with Crippen LogP contribution >= 0.6 is 0 Å². The third kappa shape index (κ3) is 4.65. The minimum absolute atomic E-state index is 0.0170. The molecular weight excluding hydrogens is 230 g/mol. The van der Waals surface area contributed by atoms with Crippen molar-refractivity contribution in [2.45, 2.75) is 26.7 Å². The van der Waals surface area contributed by atoms with Gasteiger partial charge in [-0.3, -0.25) is 4.79 Å². The minimum Gasteiger partial charge on any atom is -0.493 e. The van der Waals surface area contributed by atoms with Gasteiger partial charge in [0.15, 0.2) is 18.1 Å². The summed E-state index contributed by atoms with van der Waals surface area (Å²) in [6, 6.07) is 5.62. The Morgan fingerprint density at radius 3 is 2.78 bits per heavy atom. The van der Waals surface area contributed by atoms with E-state index >= 15 is 0 Å². The zero-order valence-corrected chi connectivity index (χ0v) is 11.3. The Kier molecular flexibility index (Phi) is 6.05. The molecule has 0 aliphatic carbocycles. The molecule has 18 heavy (non-hydrogen) atoms. The summed E-state index contributed by atoms with van der Waals surface area (Å²) in [5, 5.41) is 2.80. The van der Waals surface area contributed by atoms with Gasteiger partial charge in [0.2, 0.25) is 0 Å². The number of methoxy groups -OCH3 is 1. The van der Waals surface area contributed by atoms with Crippen molar-refractivity contribution in [3.05, 3.63) is 23.8 Å². The fourth-order valence-corrected chi connectivity index (χ4v) is 1.49. The smallest absolute Gasteiger partial charge is 0.257 e. The number of hydrogen-bond donors (Lipinski definition) is 1. The van der Waals surface area contributed by atoms with Gasteiger partial charge in [0.1, 0.15) is 0 Å². The molecule has 0 bridgehead atoms. The van der Waals surface area contributed by atoms with Crippen molar-refractivity contribution in [2.75, 3.05) is 20.3 Å². The summed E-state index contributed by atoms with van der Waals surface area (Å²) in [5.74, 6) is 1.14. The molecule has 0 saturated heterocycles. The molecule has 4 heteroatoms. The zero-order valence-electron chi connectivity index (χ0n) is 11.3. The molecule has 1 rings (SSSR count). The van der Waals surface area contributed by atoms with Crippen LogP contribution in [0.4, 0.5) is 0 Å². The van der Waals surface area contributed by atoms with Gasteiger partial charge in [0.25, 0.3) is 5.91 Å². The van der Waals surface area contributed by atoms with Crippen LogP contribution in [0.25, 0.3) is 0 Å². The Labute approximate surface area is 108 Å². The van der Waals surface area contributed by atoms with E-state index in [2.05, 4.69) is 12.2 Å².